The fraction of sp³-hybridized carbons (Fsp3) is 0.364. The van der Waals surface area contributed by atoms with Gasteiger partial charge < -0.3 is 5.32 Å². The molecule has 1 heterocycles. The van der Waals surface area contributed by atoms with Crippen molar-refractivity contribution in [2.24, 2.45) is 0 Å². The minimum atomic E-state index is -3.52. The van der Waals surface area contributed by atoms with Crippen molar-refractivity contribution in [1.82, 2.24) is 10.0 Å². The van der Waals surface area contributed by atoms with E-state index < -0.39 is 10.0 Å². The second-order valence-electron chi connectivity index (χ2n) is 4.11. The number of hydrogen-bond donors (Lipinski definition) is 2. The smallest absolute Gasteiger partial charge is 0.240 e. The Labute approximate surface area is 114 Å². The first-order chi connectivity index (χ1) is 8.47. The van der Waals surface area contributed by atoms with Gasteiger partial charge in [-0.3, -0.25) is 4.79 Å². The van der Waals surface area contributed by atoms with Gasteiger partial charge in [0, 0.05) is 23.5 Å². The Balaban J connectivity index is 2.07. The topological polar surface area (TPSA) is 75.3 Å². The Kier molecular flexibility index (Phi) is 4.04. The molecule has 1 unspecified atom stereocenters. The largest absolute Gasteiger partial charge is 0.355 e. The Morgan fingerprint density at radius 2 is 1.94 bits per heavy atom. The molecule has 1 atom stereocenters. The summed E-state index contributed by atoms with van der Waals surface area (Å²) >= 11 is 3.25. The van der Waals surface area contributed by atoms with E-state index >= 15 is 0 Å². The number of piperidine rings is 1. The number of carbonyl (C=O) groups is 1. The van der Waals surface area contributed by atoms with Gasteiger partial charge in [0.1, 0.15) is 0 Å². The molecule has 1 amide bonds. The van der Waals surface area contributed by atoms with E-state index in [1.165, 1.54) is 12.1 Å². The average Bonchev–Trinajstić information content (AvgIpc) is 2.32. The maximum atomic E-state index is 12.1. The van der Waals surface area contributed by atoms with E-state index in [1.54, 1.807) is 12.1 Å². The monoisotopic (exact) mass is 332 g/mol. The summed E-state index contributed by atoms with van der Waals surface area (Å²) in [6.45, 7) is 0.342. The van der Waals surface area contributed by atoms with Crippen LogP contribution in [0.1, 0.15) is 12.8 Å². The highest BCUT2D eigenvalue weighted by Gasteiger charge is 2.23. The van der Waals surface area contributed by atoms with Crippen LogP contribution in [0.25, 0.3) is 0 Å². The summed E-state index contributed by atoms with van der Waals surface area (Å²) in [6, 6.07) is 6.19. The first kappa shape index (κ1) is 13.5. The normalized spacial score (nSPS) is 20.5. The first-order valence-corrected chi connectivity index (χ1v) is 7.79. The van der Waals surface area contributed by atoms with Gasteiger partial charge in [-0.1, -0.05) is 15.9 Å². The second kappa shape index (κ2) is 5.38. The highest BCUT2D eigenvalue weighted by molar-refractivity contribution is 9.10. The number of nitrogens with one attached hydrogen (secondary N) is 2. The van der Waals surface area contributed by atoms with Crippen LogP contribution in [0.15, 0.2) is 33.6 Å². The van der Waals surface area contributed by atoms with Crippen LogP contribution in [0.2, 0.25) is 0 Å². The third-order valence-corrected chi connectivity index (χ3v) is 4.78. The molecule has 1 aliphatic heterocycles. The minimum absolute atomic E-state index is 0.0333. The lowest BCUT2D eigenvalue weighted by Crippen LogP contribution is -2.47. The number of sulfonamides is 1. The van der Waals surface area contributed by atoms with Crippen molar-refractivity contribution < 1.29 is 13.2 Å². The maximum Gasteiger partial charge on any atom is 0.240 e. The average molecular weight is 333 g/mol. The van der Waals surface area contributed by atoms with E-state index in [9.17, 15) is 13.2 Å². The van der Waals surface area contributed by atoms with Crippen molar-refractivity contribution in [1.29, 1.82) is 0 Å². The summed E-state index contributed by atoms with van der Waals surface area (Å²) in [4.78, 5) is 11.2. The molecule has 0 bridgehead atoms. The lowest BCUT2D eigenvalue weighted by Gasteiger charge is -2.23. The van der Waals surface area contributed by atoms with Gasteiger partial charge in [0.05, 0.1) is 4.90 Å². The van der Waals surface area contributed by atoms with Crippen molar-refractivity contribution >= 4 is 31.9 Å². The van der Waals surface area contributed by atoms with Crippen LogP contribution in [-0.2, 0) is 14.8 Å². The molecule has 18 heavy (non-hydrogen) atoms. The highest BCUT2D eigenvalue weighted by atomic mass is 79.9. The number of hydrogen-bond acceptors (Lipinski definition) is 3. The Morgan fingerprint density at radius 1 is 1.28 bits per heavy atom. The zero-order valence-corrected chi connectivity index (χ0v) is 11.9. The fourth-order valence-electron chi connectivity index (χ4n) is 1.73. The van der Waals surface area contributed by atoms with E-state index in [2.05, 4.69) is 26.0 Å². The molecule has 0 aromatic heterocycles. The molecule has 0 radical (unpaired) electrons. The van der Waals surface area contributed by atoms with Crippen molar-refractivity contribution in [2.45, 2.75) is 23.8 Å². The molecular weight excluding hydrogens is 320 g/mol. The second-order valence-corrected chi connectivity index (χ2v) is 6.74. The van der Waals surface area contributed by atoms with E-state index in [0.29, 0.717) is 19.4 Å². The Bertz CT molecular complexity index is 532. The van der Waals surface area contributed by atoms with Gasteiger partial charge >= 0.3 is 0 Å². The molecular formula is C11H13BrN2O3S. The standard InChI is InChI=1S/C11H13BrN2O3S/c12-8-1-4-10(5-2-8)18(16,17)14-9-3-6-11(15)13-7-9/h1-2,4-5,9,14H,3,6-7H2,(H,13,15). The zero-order valence-electron chi connectivity index (χ0n) is 9.52. The lowest BCUT2D eigenvalue weighted by molar-refractivity contribution is -0.122. The van der Waals surface area contributed by atoms with Gasteiger partial charge in [0.15, 0.2) is 0 Å². The predicted molar refractivity (Wildman–Crippen MR) is 70.5 cm³/mol. The third kappa shape index (κ3) is 3.30. The van der Waals surface area contributed by atoms with Crippen LogP contribution in [0, 0.1) is 0 Å². The van der Waals surface area contributed by atoms with E-state index in [0.717, 1.165) is 4.47 Å². The van der Waals surface area contributed by atoms with Gasteiger partial charge in [-0.2, -0.15) is 0 Å². The zero-order chi connectivity index (χ0) is 13.2. The molecule has 2 rings (SSSR count). The number of halogens is 1. The molecule has 98 valence electrons. The van der Waals surface area contributed by atoms with Gasteiger partial charge in [0.25, 0.3) is 0 Å². The number of benzene rings is 1. The molecule has 0 saturated carbocycles. The van der Waals surface area contributed by atoms with Crippen LogP contribution in [0.5, 0.6) is 0 Å². The van der Waals surface area contributed by atoms with Gasteiger partial charge in [-0.05, 0) is 30.7 Å². The van der Waals surface area contributed by atoms with E-state index in [-0.39, 0.29) is 16.8 Å². The Morgan fingerprint density at radius 3 is 2.50 bits per heavy atom. The summed E-state index contributed by atoms with van der Waals surface area (Å²) in [5.74, 6) is -0.0333. The molecule has 1 saturated heterocycles. The summed E-state index contributed by atoms with van der Waals surface area (Å²) in [5.41, 5.74) is 0. The molecule has 0 aliphatic carbocycles. The van der Waals surface area contributed by atoms with E-state index in [4.69, 9.17) is 0 Å². The number of rotatable bonds is 3. The number of amides is 1. The van der Waals surface area contributed by atoms with Gasteiger partial charge in [-0.15, -0.1) is 0 Å². The molecule has 0 spiro atoms. The van der Waals surface area contributed by atoms with Crippen molar-refractivity contribution in [3.63, 3.8) is 0 Å². The molecule has 2 N–H and O–H groups in total. The minimum Gasteiger partial charge on any atom is -0.355 e. The van der Waals surface area contributed by atoms with Gasteiger partial charge in [-0.25, -0.2) is 13.1 Å². The van der Waals surface area contributed by atoms with Crippen LogP contribution in [0.4, 0.5) is 0 Å². The molecule has 1 aromatic carbocycles. The first-order valence-electron chi connectivity index (χ1n) is 5.52. The lowest BCUT2D eigenvalue weighted by atomic mass is 10.1. The predicted octanol–water partition coefficient (Wildman–Crippen LogP) is 1.01. The molecule has 1 aliphatic rings. The molecule has 7 heteroatoms. The highest BCUT2D eigenvalue weighted by Crippen LogP contribution is 2.15. The number of carbonyl (C=O) groups excluding carboxylic acids is 1. The SMILES string of the molecule is O=C1CCC(NS(=O)(=O)c2ccc(Br)cc2)CN1. The summed E-state index contributed by atoms with van der Waals surface area (Å²) in [5, 5.41) is 2.64. The summed E-state index contributed by atoms with van der Waals surface area (Å²) in [6.07, 6.45) is 0.884. The maximum absolute atomic E-state index is 12.1. The molecule has 5 nitrogen and oxygen atoms in total. The van der Waals surface area contributed by atoms with Crippen molar-refractivity contribution in [3.05, 3.63) is 28.7 Å². The molecule has 1 fully saturated rings. The van der Waals surface area contributed by atoms with Crippen molar-refractivity contribution in [3.8, 4) is 0 Å². The van der Waals surface area contributed by atoms with Crippen LogP contribution >= 0.6 is 15.9 Å². The Hall–Kier alpha value is -0.920. The van der Waals surface area contributed by atoms with Crippen molar-refractivity contribution in [2.75, 3.05) is 6.54 Å². The van der Waals surface area contributed by atoms with Crippen LogP contribution in [0.3, 0.4) is 0 Å². The summed E-state index contributed by atoms with van der Waals surface area (Å²) < 4.78 is 27.5. The fourth-order valence-corrected chi connectivity index (χ4v) is 3.27. The van der Waals surface area contributed by atoms with Crippen LogP contribution < -0.4 is 10.0 Å². The third-order valence-electron chi connectivity index (χ3n) is 2.71. The van der Waals surface area contributed by atoms with Crippen LogP contribution in [-0.4, -0.2) is 26.9 Å². The van der Waals surface area contributed by atoms with E-state index in [1.807, 2.05) is 0 Å². The van der Waals surface area contributed by atoms with Gasteiger partial charge in [0.2, 0.25) is 15.9 Å². The molecule has 1 aromatic rings. The quantitative estimate of drug-likeness (QED) is 0.867. The summed E-state index contributed by atoms with van der Waals surface area (Å²) in [7, 11) is -3.52.